The van der Waals surface area contributed by atoms with Crippen molar-refractivity contribution in [2.75, 3.05) is 5.32 Å². The Balaban J connectivity index is 1.46. The van der Waals surface area contributed by atoms with Gasteiger partial charge in [-0.3, -0.25) is 9.59 Å². The molecule has 4 rings (SSSR count). The van der Waals surface area contributed by atoms with Crippen LogP contribution in [0.1, 0.15) is 21.5 Å². The minimum absolute atomic E-state index is 0.276. The second-order valence-electron chi connectivity index (χ2n) is 7.31. The maximum atomic E-state index is 12.7. The lowest BCUT2D eigenvalue weighted by Crippen LogP contribution is -2.28. The Morgan fingerprint density at radius 1 is 1.06 bits per heavy atom. The van der Waals surface area contributed by atoms with Crippen molar-refractivity contribution in [3.05, 3.63) is 99.1 Å². The summed E-state index contributed by atoms with van der Waals surface area (Å²) in [5.74, 6) is -0.736. The van der Waals surface area contributed by atoms with Crippen LogP contribution in [0.2, 0.25) is 5.02 Å². The van der Waals surface area contributed by atoms with Gasteiger partial charge < -0.3 is 10.6 Å². The van der Waals surface area contributed by atoms with Crippen molar-refractivity contribution in [2.24, 2.45) is 0 Å². The second-order valence-corrected chi connectivity index (χ2v) is 7.75. The number of rotatable bonds is 6. The first kappa shape index (κ1) is 21.3. The van der Waals surface area contributed by atoms with Crippen LogP contribution in [-0.2, 0) is 17.9 Å². The number of benzene rings is 2. The molecule has 9 heteroatoms. The van der Waals surface area contributed by atoms with Gasteiger partial charge in [-0.05, 0) is 42.8 Å². The van der Waals surface area contributed by atoms with E-state index in [-0.39, 0.29) is 12.5 Å². The average Bonchev–Trinajstić information content (AvgIpc) is 3.07. The van der Waals surface area contributed by atoms with Gasteiger partial charge in [-0.15, -0.1) is 5.10 Å². The minimum Gasteiger partial charge on any atom is -0.348 e. The molecule has 2 N–H and O–H groups in total. The summed E-state index contributed by atoms with van der Waals surface area (Å²) in [6.07, 6.45) is 1.42. The Morgan fingerprint density at radius 2 is 1.84 bits per heavy atom. The molecule has 2 aromatic heterocycles. The van der Waals surface area contributed by atoms with Gasteiger partial charge in [-0.2, -0.15) is 0 Å². The molecule has 32 heavy (non-hydrogen) atoms. The van der Waals surface area contributed by atoms with Gasteiger partial charge in [-0.1, -0.05) is 47.5 Å². The normalized spacial score (nSPS) is 10.8. The topological polar surface area (TPSA) is 97.5 Å². The third kappa shape index (κ3) is 4.87. The molecular formula is C23H20ClN5O3. The number of nitrogens with one attached hydrogen (secondary N) is 2. The molecule has 0 aliphatic carbocycles. The van der Waals surface area contributed by atoms with Crippen LogP contribution in [0.15, 0.2) is 71.7 Å². The van der Waals surface area contributed by atoms with E-state index in [1.165, 1.54) is 10.6 Å². The van der Waals surface area contributed by atoms with Crippen LogP contribution in [0.4, 0.5) is 5.69 Å². The fourth-order valence-electron chi connectivity index (χ4n) is 3.15. The molecule has 4 aromatic rings. The number of fused-ring (bicyclic) bond motifs is 1. The largest absolute Gasteiger partial charge is 0.350 e. The zero-order chi connectivity index (χ0) is 22.7. The molecule has 8 nitrogen and oxygen atoms in total. The summed E-state index contributed by atoms with van der Waals surface area (Å²) in [6, 6.07) is 17.7. The van der Waals surface area contributed by atoms with Crippen molar-refractivity contribution < 1.29 is 9.59 Å². The zero-order valence-electron chi connectivity index (χ0n) is 17.2. The van der Waals surface area contributed by atoms with Gasteiger partial charge in [-0.25, -0.2) is 13.9 Å². The molecule has 0 unspecified atom stereocenters. The predicted molar refractivity (Wildman–Crippen MR) is 122 cm³/mol. The molecular weight excluding hydrogens is 430 g/mol. The van der Waals surface area contributed by atoms with Crippen LogP contribution in [0, 0.1) is 6.92 Å². The first-order valence-electron chi connectivity index (χ1n) is 9.87. The highest BCUT2D eigenvalue weighted by Crippen LogP contribution is 2.14. The molecule has 0 saturated carbocycles. The molecule has 2 amide bonds. The van der Waals surface area contributed by atoms with Crippen LogP contribution in [0.5, 0.6) is 0 Å². The lowest BCUT2D eigenvalue weighted by molar-refractivity contribution is -0.117. The molecule has 0 aliphatic heterocycles. The minimum atomic E-state index is -0.519. The fraction of sp³-hybridized carbons (Fsp3) is 0.130. The molecule has 0 fully saturated rings. The lowest BCUT2D eigenvalue weighted by Gasteiger charge is -2.06. The van der Waals surface area contributed by atoms with Crippen molar-refractivity contribution in [1.29, 1.82) is 0 Å². The number of pyridine rings is 1. The number of carbonyl (C=O) groups is 2. The third-order valence-corrected chi connectivity index (χ3v) is 5.05. The Kier molecular flexibility index (Phi) is 6.04. The van der Waals surface area contributed by atoms with Crippen molar-refractivity contribution in [3.8, 4) is 0 Å². The SMILES string of the molecule is Cc1ccc(CNC(=O)c2ccc3nn(CC(=O)Nc4cccc(Cl)c4)c(=O)n3c2)cc1. The number of amides is 2. The molecule has 2 heterocycles. The number of nitrogens with zero attached hydrogens (tertiary/aromatic N) is 3. The quantitative estimate of drug-likeness (QED) is 0.472. The highest BCUT2D eigenvalue weighted by molar-refractivity contribution is 6.30. The molecule has 0 aliphatic rings. The molecule has 0 radical (unpaired) electrons. The Labute approximate surface area is 188 Å². The molecule has 0 bridgehead atoms. The van der Waals surface area contributed by atoms with Gasteiger partial charge in [0.1, 0.15) is 6.54 Å². The van der Waals surface area contributed by atoms with Crippen LogP contribution in [0.3, 0.4) is 0 Å². The number of anilines is 1. The first-order chi connectivity index (χ1) is 15.4. The molecule has 162 valence electrons. The van der Waals surface area contributed by atoms with Gasteiger partial charge in [0.05, 0.1) is 5.56 Å². The van der Waals surface area contributed by atoms with Crippen molar-refractivity contribution in [1.82, 2.24) is 19.5 Å². The van der Waals surface area contributed by atoms with Crippen LogP contribution in [-0.4, -0.2) is 26.0 Å². The first-order valence-corrected chi connectivity index (χ1v) is 10.3. The van der Waals surface area contributed by atoms with E-state index in [9.17, 15) is 14.4 Å². The number of hydrogen-bond donors (Lipinski definition) is 2. The Morgan fingerprint density at radius 3 is 2.59 bits per heavy atom. The monoisotopic (exact) mass is 449 g/mol. The van der Waals surface area contributed by atoms with E-state index in [2.05, 4.69) is 15.7 Å². The molecule has 0 atom stereocenters. The number of hydrogen-bond acceptors (Lipinski definition) is 4. The van der Waals surface area contributed by atoms with E-state index in [1.807, 2.05) is 31.2 Å². The average molecular weight is 450 g/mol. The van der Waals surface area contributed by atoms with E-state index < -0.39 is 11.6 Å². The van der Waals surface area contributed by atoms with Gasteiger partial charge in [0, 0.05) is 23.5 Å². The van der Waals surface area contributed by atoms with Crippen molar-refractivity contribution in [3.63, 3.8) is 0 Å². The van der Waals surface area contributed by atoms with Crippen LogP contribution >= 0.6 is 11.6 Å². The third-order valence-electron chi connectivity index (χ3n) is 4.81. The summed E-state index contributed by atoms with van der Waals surface area (Å²) in [4.78, 5) is 37.5. The lowest BCUT2D eigenvalue weighted by atomic mass is 10.1. The van der Waals surface area contributed by atoms with Crippen molar-refractivity contribution >= 4 is 34.7 Å². The smallest absolute Gasteiger partial charge is 0.348 e. The van der Waals surface area contributed by atoms with E-state index in [4.69, 9.17) is 11.6 Å². The number of carbonyl (C=O) groups excluding carboxylic acids is 2. The predicted octanol–water partition coefficient (Wildman–Crippen LogP) is 3.03. The number of aryl methyl sites for hydroxylation is 1. The number of halogens is 1. The van der Waals surface area contributed by atoms with E-state index in [0.717, 1.165) is 15.8 Å². The fourth-order valence-corrected chi connectivity index (χ4v) is 3.34. The zero-order valence-corrected chi connectivity index (χ0v) is 18.0. The molecule has 2 aromatic carbocycles. The highest BCUT2D eigenvalue weighted by atomic mass is 35.5. The van der Waals surface area contributed by atoms with Gasteiger partial charge in [0.15, 0.2) is 5.65 Å². The van der Waals surface area contributed by atoms with Gasteiger partial charge in [0.2, 0.25) is 5.91 Å². The Hall–Kier alpha value is -3.91. The Bertz CT molecular complexity index is 1360. The maximum Gasteiger partial charge on any atom is 0.350 e. The van der Waals surface area contributed by atoms with E-state index in [0.29, 0.717) is 28.5 Å². The number of aromatic nitrogens is 3. The summed E-state index contributed by atoms with van der Waals surface area (Å²) in [6.45, 7) is 2.09. The van der Waals surface area contributed by atoms with Crippen LogP contribution in [0.25, 0.3) is 5.65 Å². The second kappa shape index (κ2) is 9.07. The summed E-state index contributed by atoms with van der Waals surface area (Å²) >= 11 is 5.92. The van der Waals surface area contributed by atoms with Gasteiger partial charge >= 0.3 is 5.69 Å². The summed E-state index contributed by atoms with van der Waals surface area (Å²) in [5.41, 5.74) is 2.76. The van der Waals surface area contributed by atoms with Crippen LogP contribution < -0.4 is 16.3 Å². The molecule has 0 saturated heterocycles. The highest BCUT2D eigenvalue weighted by Gasteiger charge is 2.14. The summed E-state index contributed by atoms with van der Waals surface area (Å²) in [5, 5.41) is 10.2. The summed E-state index contributed by atoms with van der Waals surface area (Å²) < 4.78 is 2.29. The van der Waals surface area contributed by atoms with Gasteiger partial charge in [0.25, 0.3) is 5.91 Å². The van der Waals surface area contributed by atoms with E-state index in [1.54, 1.807) is 36.4 Å². The molecule has 0 spiro atoms. The standard InChI is InChI=1S/C23H20ClN5O3/c1-15-5-7-16(8-6-15)12-25-22(31)17-9-10-20-27-29(23(32)28(20)13-17)14-21(30)26-19-4-2-3-18(24)11-19/h2-11,13H,12,14H2,1H3,(H,25,31)(H,26,30). The maximum absolute atomic E-state index is 12.7. The van der Waals surface area contributed by atoms with Crippen molar-refractivity contribution in [2.45, 2.75) is 20.0 Å². The van der Waals surface area contributed by atoms with E-state index >= 15 is 0 Å². The summed E-state index contributed by atoms with van der Waals surface area (Å²) in [7, 11) is 0.